The van der Waals surface area contributed by atoms with Crippen molar-refractivity contribution in [2.24, 2.45) is 11.7 Å². The van der Waals surface area contributed by atoms with Gasteiger partial charge in [0.15, 0.2) is 0 Å². The Morgan fingerprint density at radius 2 is 2.11 bits per heavy atom. The van der Waals surface area contributed by atoms with Gasteiger partial charge in [0.1, 0.15) is 5.54 Å². The second kappa shape index (κ2) is 6.93. The number of amides is 1. The van der Waals surface area contributed by atoms with Gasteiger partial charge in [-0.3, -0.25) is 9.69 Å². The number of hydrogen-bond donors (Lipinski definition) is 2. The van der Waals surface area contributed by atoms with E-state index in [9.17, 15) is 4.79 Å². The Bertz CT molecular complexity index is 334. The first-order valence-electron chi connectivity index (χ1n) is 7.21. The second-order valence-corrected chi connectivity index (χ2v) is 5.78. The molecule has 1 amide bonds. The number of carbonyl (C=O) groups excluding carboxylic acids is 1. The van der Waals surface area contributed by atoms with Gasteiger partial charge >= 0.3 is 0 Å². The molecule has 0 radical (unpaired) electrons. The highest BCUT2D eigenvalue weighted by Crippen LogP contribution is 2.16. The van der Waals surface area contributed by atoms with Gasteiger partial charge in [0.25, 0.3) is 0 Å². The summed E-state index contributed by atoms with van der Waals surface area (Å²) in [5, 5.41) is 3.00. The van der Waals surface area contributed by atoms with E-state index in [-0.39, 0.29) is 11.9 Å². The lowest BCUT2D eigenvalue weighted by Crippen LogP contribution is -2.53. The summed E-state index contributed by atoms with van der Waals surface area (Å²) in [4.78, 5) is 14.3. The number of rotatable bonds is 5. The Kier molecular flexibility index (Phi) is 5.84. The molecule has 19 heavy (non-hydrogen) atoms. The quantitative estimate of drug-likeness (QED) is 0.728. The Morgan fingerprint density at radius 3 is 2.58 bits per heavy atom. The maximum Gasteiger partial charge on any atom is 0.235 e. The molecule has 1 aliphatic rings. The van der Waals surface area contributed by atoms with Crippen molar-refractivity contribution in [2.45, 2.75) is 51.6 Å². The highest BCUT2D eigenvalue weighted by molar-refractivity contribution is 5.79. The molecule has 2 unspecified atom stereocenters. The average molecular weight is 265 g/mol. The first-order chi connectivity index (χ1) is 8.94. The molecular weight excluding hydrogens is 238 g/mol. The van der Waals surface area contributed by atoms with E-state index in [1.807, 2.05) is 13.8 Å². The topological polar surface area (TPSA) is 58.4 Å². The first-order valence-corrected chi connectivity index (χ1v) is 7.21. The highest BCUT2D eigenvalue weighted by Gasteiger charge is 2.28. The standard InChI is InChI=1S/C15H27N3O/c1-5-15(6-2,7-3)17-14(19)11-18-9-12(4)8-13(16)10-18/h1,12-13H,6-11,16H2,2-4H3,(H,17,19). The normalized spacial score (nSPS) is 24.8. The molecule has 0 aromatic carbocycles. The molecule has 2 atom stereocenters. The van der Waals surface area contributed by atoms with Crippen LogP contribution >= 0.6 is 0 Å². The SMILES string of the molecule is C#CC(CC)(CC)NC(=O)CN1CC(C)CC(N)C1. The lowest BCUT2D eigenvalue weighted by atomic mass is 9.93. The first kappa shape index (κ1) is 16.0. The number of carbonyl (C=O) groups is 1. The van der Waals surface area contributed by atoms with Crippen molar-refractivity contribution in [3.05, 3.63) is 0 Å². The molecule has 1 saturated heterocycles. The number of nitrogens with two attached hydrogens (primary N) is 1. The van der Waals surface area contributed by atoms with Gasteiger partial charge in [0.05, 0.1) is 6.54 Å². The fourth-order valence-electron chi connectivity index (χ4n) is 2.82. The molecule has 3 N–H and O–H groups in total. The summed E-state index contributed by atoms with van der Waals surface area (Å²) in [7, 11) is 0. The van der Waals surface area contributed by atoms with Crippen LogP contribution in [0.5, 0.6) is 0 Å². The molecule has 0 aromatic rings. The van der Waals surface area contributed by atoms with Gasteiger partial charge < -0.3 is 11.1 Å². The average Bonchev–Trinajstić information content (AvgIpc) is 2.35. The Balaban J connectivity index is 2.53. The van der Waals surface area contributed by atoms with Crippen molar-refractivity contribution < 1.29 is 4.79 Å². The number of likely N-dealkylation sites (tertiary alicyclic amines) is 1. The maximum absolute atomic E-state index is 12.1. The fraction of sp³-hybridized carbons (Fsp3) is 0.800. The lowest BCUT2D eigenvalue weighted by molar-refractivity contribution is -0.124. The van der Waals surface area contributed by atoms with E-state index in [2.05, 4.69) is 23.1 Å². The number of hydrogen-bond acceptors (Lipinski definition) is 3. The van der Waals surface area contributed by atoms with Crippen molar-refractivity contribution in [2.75, 3.05) is 19.6 Å². The molecule has 0 spiro atoms. The van der Waals surface area contributed by atoms with Gasteiger partial charge in [-0.15, -0.1) is 6.42 Å². The summed E-state index contributed by atoms with van der Waals surface area (Å²) in [6, 6.07) is 0.172. The third-order valence-electron chi connectivity index (χ3n) is 4.00. The van der Waals surface area contributed by atoms with Crippen molar-refractivity contribution in [1.29, 1.82) is 0 Å². The Morgan fingerprint density at radius 1 is 1.47 bits per heavy atom. The largest absolute Gasteiger partial charge is 0.339 e. The number of piperidine rings is 1. The van der Waals surface area contributed by atoms with Gasteiger partial charge in [-0.2, -0.15) is 0 Å². The molecule has 0 saturated carbocycles. The molecule has 4 nitrogen and oxygen atoms in total. The minimum absolute atomic E-state index is 0.00273. The van der Waals surface area contributed by atoms with Crippen molar-refractivity contribution in [1.82, 2.24) is 10.2 Å². The zero-order valence-electron chi connectivity index (χ0n) is 12.4. The van der Waals surface area contributed by atoms with Gasteiger partial charge in [0.2, 0.25) is 5.91 Å². The van der Waals surface area contributed by atoms with Crippen LogP contribution in [0, 0.1) is 18.3 Å². The summed E-state index contributed by atoms with van der Waals surface area (Å²) < 4.78 is 0. The van der Waals surface area contributed by atoms with E-state index in [1.54, 1.807) is 0 Å². The fourth-order valence-corrected chi connectivity index (χ4v) is 2.82. The highest BCUT2D eigenvalue weighted by atomic mass is 16.2. The monoisotopic (exact) mass is 265 g/mol. The second-order valence-electron chi connectivity index (χ2n) is 5.78. The molecule has 4 heteroatoms. The minimum Gasteiger partial charge on any atom is -0.339 e. The van der Waals surface area contributed by atoms with Gasteiger partial charge in [-0.1, -0.05) is 26.7 Å². The molecule has 108 valence electrons. The van der Waals surface area contributed by atoms with Crippen molar-refractivity contribution in [3.63, 3.8) is 0 Å². The predicted octanol–water partition coefficient (Wildman–Crippen LogP) is 0.964. The summed E-state index contributed by atoms with van der Waals surface area (Å²) >= 11 is 0. The van der Waals surface area contributed by atoms with Gasteiger partial charge in [0, 0.05) is 19.1 Å². The van der Waals surface area contributed by atoms with E-state index in [0.717, 1.165) is 32.4 Å². The van der Waals surface area contributed by atoms with Crippen LogP contribution in [0.15, 0.2) is 0 Å². The van der Waals surface area contributed by atoms with Crippen molar-refractivity contribution in [3.8, 4) is 12.3 Å². The predicted molar refractivity (Wildman–Crippen MR) is 78.5 cm³/mol. The van der Waals surface area contributed by atoms with E-state index in [4.69, 9.17) is 12.2 Å². The number of terminal acetylenes is 1. The van der Waals surface area contributed by atoms with Gasteiger partial charge in [-0.25, -0.2) is 0 Å². The zero-order valence-corrected chi connectivity index (χ0v) is 12.4. The molecular formula is C15H27N3O. The van der Waals surface area contributed by atoms with Crippen LogP contribution in [-0.2, 0) is 4.79 Å². The molecule has 1 aliphatic heterocycles. The lowest BCUT2D eigenvalue weighted by Gasteiger charge is -2.35. The molecule has 0 aliphatic carbocycles. The molecule has 0 aromatic heterocycles. The van der Waals surface area contributed by atoms with Crippen LogP contribution in [-0.4, -0.2) is 42.0 Å². The Hall–Kier alpha value is -1.05. The van der Waals surface area contributed by atoms with Crippen LogP contribution in [0.4, 0.5) is 0 Å². The molecule has 1 heterocycles. The molecule has 1 fully saturated rings. The third kappa shape index (κ3) is 4.52. The number of nitrogens with one attached hydrogen (secondary N) is 1. The Labute approximate surface area is 117 Å². The smallest absolute Gasteiger partial charge is 0.235 e. The maximum atomic E-state index is 12.1. The summed E-state index contributed by atoms with van der Waals surface area (Å²) in [5.74, 6) is 3.28. The summed E-state index contributed by atoms with van der Waals surface area (Å²) in [5.41, 5.74) is 5.49. The van der Waals surface area contributed by atoms with E-state index < -0.39 is 5.54 Å². The van der Waals surface area contributed by atoms with Gasteiger partial charge in [-0.05, 0) is 25.2 Å². The van der Waals surface area contributed by atoms with Crippen LogP contribution < -0.4 is 11.1 Å². The van der Waals surface area contributed by atoms with Crippen LogP contribution in [0.1, 0.15) is 40.0 Å². The van der Waals surface area contributed by atoms with E-state index in [0.29, 0.717) is 12.5 Å². The van der Waals surface area contributed by atoms with Crippen LogP contribution in [0.25, 0.3) is 0 Å². The summed E-state index contributed by atoms with van der Waals surface area (Å²) in [6.45, 7) is 8.29. The van der Waals surface area contributed by atoms with Crippen LogP contribution in [0.2, 0.25) is 0 Å². The van der Waals surface area contributed by atoms with Crippen LogP contribution in [0.3, 0.4) is 0 Å². The number of nitrogens with zero attached hydrogens (tertiary/aromatic N) is 1. The van der Waals surface area contributed by atoms with Crippen molar-refractivity contribution >= 4 is 5.91 Å². The zero-order chi connectivity index (χ0) is 14.5. The molecule has 1 rings (SSSR count). The van der Waals surface area contributed by atoms with E-state index in [1.165, 1.54) is 0 Å². The minimum atomic E-state index is -0.499. The molecule has 0 bridgehead atoms. The summed E-state index contributed by atoms with van der Waals surface area (Å²) in [6.07, 6.45) is 8.10. The van der Waals surface area contributed by atoms with E-state index >= 15 is 0 Å². The third-order valence-corrected chi connectivity index (χ3v) is 4.00.